The van der Waals surface area contributed by atoms with E-state index < -0.39 is 0 Å². The lowest BCUT2D eigenvalue weighted by atomic mass is 9.96. The molecule has 2 nitrogen and oxygen atoms in total. The number of carbonyl (C=O) groups is 1. The third-order valence-corrected chi connectivity index (χ3v) is 2.68. The van der Waals surface area contributed by atoms with Gasteiger partial charge in [0, 0.05) is 17.4 Å². The molecule has 1 N–H and O–H groups in total. The van der Waals surface area contributed by atoms with Crippen molar-refractivity contribution in [3.8, 4) is 0 Å². The van der Waals surface area contributed by atoms with Gasteiger partial charge in [0.1, 0.15) is 7.85 Å². The summed E-state index contributed by atoms with van der Waals surface area (Å²) in [6, 6.07) is 7.84. The minimum Gasteiger partial charge on any atom is -0.326 e. The maximum Gasteiger partial charge on any atom is 0.224 e. The van der Waals surface area contributed by atoms with Crippen LogP contribution in [-0.2, 0) is 4.79 Å². The number of nitrogens with one attached hydrogen (secondary N) is 1. The van der Waals surface area contributed by atoms with Gasteiger partial charge in [0.15, 0.2) is 0 Å². The Hall–Kier alpha value is -0.765. The first-order chi connectivity index (χ1) is 7.22. The van der Waals surface area contributed by atoms with Crippen molar-refractivity contribution in [2.45, 2.75) is 19.3 Å². The highest BCUT2D eigenvalue weighted by Gasteiger charge is 2.01. The molecule has 0 saturated heterocycles. The average Bonchev–Trinajstić information content (AvgIpc) is 2.22. The molecular weight excluding hydrogens is 253 g/mol. The Morgan fingerprint density at radius 1 is 1.27 bits per heavy atom. The van der Waals surface area contributed by atoms with Crippen molar-refractivity contribution in [1.82, 2.24) is 0 Å². The number of anilines is 1. The molecule has 0 fully saturated rings. The molecule has 0 radical (unpaired) electrons. The maximum absolute atomic E-state index is 11.4. The molecule has 1 rings (SSSR count). The normalized spacial score (nSPS) is 9.93. The van der Waals surface area contributed by atoms with Gasteiger partial charge in [-0.15, -0.1) is 0 Å². The molecule has 0 atom stereocenters. The molecule has 15 heavy (non-hydrogen) atoms. The Balaban J connectivity index is 2.34. The van der Waals surface area contributed by atoms with E-state index in [4.69, 9.17) is 0 Å². The Labute approximate surface area is 100.0 Å². The van der Waals surface area contributed by atoms with E-state index in [1.165, 1.54) is 5.46 Å². The van der Waals surface area contributed by atoms with Gasteiger partial charge in [-0.2, -0.15) is 0 Å². The van der Waals surface area contributed by atoms with E-state index in [1.807, 2.05) is 32.1 Å². The molecule has 0 aliphatic carbocycles. The van der Waals surface area contributed by atoms with Crippen molar-refractivity contribution >= 4 is 40.8 Å². The van der Waals surface area contributed by atoms with Crippen molar-refractivity contribution in [2.75, 3.05) is 10.6 Å². The second kappa shape index (κ2) is 6.67. The summed E-state index contributed by atoms with van der Waals surface area (Å²) in [6.07, 6.45) is 2.57. The molecule has 0 bridgehead atoms. The van der Waals surface area contributed by atoms with Crippen LogP contribution in [0.5, 0.6) is 0 Å². The summed E-state index contributed by atoms with van der Waals surface area (Å²) >= 11 is 3.34. The van der Waals surface area contributed by atoms with Crippen LogP contribution in [-0.4, -0.2) is 19.1 Å². The predicted octanol–water partition coefficient (Wildman–Crippen LogP) is 1.45. The fourth-order valence-corrected chi connectivity index (χ4v) is 1.64. The first kappa shape index (κ1) is 12.3. The van der Waals surface area contributed by atoms with E-state index in [0.29, 0.717) is 6.42 Å². The molecule has 0 saturated carbocycles. The molecule has 0 heterocycles. The summed E-state index contributed by atoms with van der Waals surface area (Å²) in [5, 5.41) is 3.84. The fraction of sp³-hybridized carbons (Fsp3) is 0.364. The van der Waals surface area contributed by atoms with Crippen LogP contribution in [0.2, 0.25) is 0 Å². The zero-order chi connectivity index (χ0) is 11.1. The third-order valence-electron chi connectivity index (χ3n) is 2.12. The summed E-state index contributed by atoms with van der Waals surface area (Å²) in [5.41, 5.74) is 2.08. The van der Waals surface area contributed by atoms with Gasteiger partial charge in [-0.3, -0.25) is 4.79 Å². The molecule has 4 heteroatoms. The highest BCUT2D eigenvalue weighted by atomic mass is 79.9. The van der Waals surface area contributed by atoms with Gasteiger partial charge < -0.3 is 5.32 Å². The number of unbranched alkanes of at least 4 members (excludes halogenated alkanes) is 1. The molecule has 1 aromatic carbocycles. The van der Waals surface area contributed by atoms with E-state index in [9.17, 15) is 4.79 Å². The van der Waals surface area contributed by atoms with Crippen LogP contribution in [0.4, 0.5) is 5.69 Å². The minimum atomic E-state index is 0.0970. The zero-order valence-electron chi connectivity index (χ0n) is 8.92. The van der Waals surface area contributed by atoms with Gasteiger partial charge >= 0.3 is 0 Å². The summed E-state index contributed by atoms with van der Waals surface area (Å²) in [7, 11) is 2.03. The van der Waals surface area contributed by atoms with Crippen molar-refractivity contribution in [2.24, 2.45) is 0 Å². The monoisotopic (exact) mass is 267 g/mol. The van der Waals surface area contributed by atoms with Gasteiger partial charge in [0.05, 0.1) is 0 Å². The number of benzene rings is 1. The van der Waals surface area contributed by atoms with Crippen LogP contribution >= 0.6 is 15.9 Å². The van der Waals surface area contributed by atoms with Crippen molar-refractivity contribution in [3.05, 3.63) is 24.3 Å². The van der Waals surface area contributed by atoms with Crippen LogP contribution in [0.15, 0.2) is 24.3 Å². The quantitative estimate of drug-likeness (QED) is 0.488. The number of amides is 1. The highest BCUT2D eigenvalue weighted by molar-refractivity contribution is 9.09. The number of hydrogen-bond donors (Lipinski definition) is 1. The third kappa shape index (κ3) is 5.02. The highest BCUT2D eigenvalue weighted by Crippen LogP contribution is 2.06. The smallest absolute Gasteiger partial charge is 0.224 e. The maximum atomic E-state index is 11.4. The minimum absolute atomic E-state index is 0.0970. The Morgan fingerprint density at radius 3 is 2.53 bits per heavy atom. The van der Waals surface area contributed by atoms with E-state index in [1.54, 1.807) is 0 Å². The van der Waals surface area contributed by atoms with Crippen molar-refractivity contribution < 1.29 is 4.79 Å². The molecule has 0 unspecified atom stereocenters. The molecule has 0 aromatic heterocycles. The van der Waals surface area contributed by atoms with E-state index in [2.05, 4.69) is 21.2 Å². The molecule has 80 valence electrons. The summed E-state index contributed by atoms with van der Waals surface area (Å²) in [4.78, 5) is 11.4. The standard InChI is InChI=1S/C11H15BBrNO/c12-9-4-6-10(7-5-9)14-11(15)3-1-2-8-13/h4-7H,1-3,8,12H2,(H,14,15). The van der Waals surface area contributed by atoms with Gasteiger partial charge in [-0.25, -0.2) is 0 Å². The van der Waals surface area contributed by atoms with Gasteiger partial charge in [-0.05, 0) is 25.0 Å². The molecule has 0 spiro atoms. The molecule has 1 aromatic rings. The number of hydrogen-bond acceptors (Lipinski definition) is 1. The second-order valence-electron chi connectivity index (χ2n) is 3.56. The number of rotatable bonds is 5. The molecular formula is C11H15BBrNO. The summed E-state index contributed by atoms with van der Waals surface area (Å²) in [5.74, 6) is 0.0970. The lowest BCUT2D eigenvalue weighted by molar-refractivity contribution is -0.116. The molecule has 0 aliphatic rings. The van der Waals surface area contributed by atoms with Crippen LogP contribution in [0.1, 0.15) is 19.3 Å². The molecule has 1 amide bonds. The fourth-order valence-electron chi connectivity index (χ4n) is 1.24. The lowest BCUT2D eigenvalue weighted by Crippen LogP contribution is -2.12. The van der Waals surface area contributed by atoms with E-state index in [-0.39, 0.29) is 5.91 Å². The summed E-state index contributed by atoms with van der Waals surface area (Å²) < 4.78 is 0. The van der Waals surface area contributed by atoms with E-state index >= 15 is 0 Å². The van der Waals surface area contributed by atoms with Crippen LogP contribution in [0.3, 0.4) is 0 Å². The lowest BCUT2D eigenvalue weighted by Gasteiger charge is -2.04. The average molecular weight is 268 g/mol. The first-order valence-electron chi connectivity index (χ1n) is 5.15. The van der Waals surface area contributed by atoms with Crippen LogP contribution < -0.4 is 10.8 Å². The van der Waals surface area contributed by atoms with Gasteiger partial charge in [0.2, 0.25) is 5.91 Å². The predicted molar refractivity (Wildman–Crippen MR) is 70.9 cm³/mol. The summed E-state index contributed by atoms with van der Waals surface area (Å²) in [6.45, 7) is 0. The van der Waals surface area contributed by atoms with Gasteiger partial charge in [-0.1, -0.05) is 33.5 Å². The Bertz CT molecular complexity index is 313. The Kier molecular flexibility index (Phi) is 5.47. The Morgan fingerprint density at radius 2 is 1.93 bits per heavy atom. The first-order valence-corrected chi connectivity index (χ1v) is 6.27. The molecule has 0 aliphatic heterocycles. The zero-order valence-corrected chi connectivity index (χ0v) is 10.5. The van der Waals surface area contributed by atoms with Crippen LogP contribution in [0, 0.1) is 0 Å². The number of carbonyl (C=O) groups excluding carboxylic acids is 1. The van der Waals surface area contributed by atoms with Gasteiger partial charge in [0.25, 0.3) is 0 Å². The van der Waals surface area contributed by atoms with Crippen LogP contribution in [0.25, 0.3) is 0 Å². The second-order valence-corrected chi connectivity index (χ2v) is 4.35. The van der Waals surface area contributed by atoms with E-state index in [0.717, 1.165) is 23.9 Å². The SMILES string of the molecule is Bc1ccc(NC(=O)CCCCBr)cc1. The largest absolute Gasteiger partial charge is 0.326 e. The topological polar surface area (TPSA) is 29.1 Å². The van der Waals surface area contributed by atoms with Crippen molar-refractivity contribution in [1.29, 1.82) is 0 Å². The number of alkyl halides is 1. The number of halogens is 1. The van der Waals surface area contributed by atoms with Crippen molar-refractivity contribution in [3.63, 3.8) is 0 Å².